The van der Waals surface area contributed by atoms with Gasteiger partial charge in [-0.2, -0.15) is 0 Å². The summed E-state index contributed by atoms with van der Waals surface area (Å²) in [5, 5.41) is 0. The Kier molecular flexibility index (Phi) is 7.35. The number of amidine groups is 1. The van der Waals surface area contributed by atoms with E-state index < -0.39 is 42.5 Å². The third-order valence-electron chi connectivity index (χ3n) is 5.10. The first kappa shape index (κ1) is 28.4. The third-order valence-corrected chi connectivity index (χ3v) is 5.10. The molecule has 0 aliphatic carbocycles. The van der Waals surface area contributed by atoms with Gasteiger partial charge in [0.25, 0.3) is 5.84 Å². The van der Waals surface area contributed by atoms with Gasteiger partial charge in [-0.1, -0.05) is 60.7 Å². The first-order valence-electron chi connectivity index (χ1n) is 10.4. The van der Waals surface area contributed by atoms with Gasteiger partial charge >= 0.3 is 33.0 Å². The maximum atomic E-state index is 14.7. The van der Waals surface area contributed by atoms with Gasteiger partial charge in [-0.3, -0.25) is 9.48 Å². The van der Waals surface area contributed by atoms with Crippen molar-refractivity contribution in [3.8, 4) is 0 Å². The molecule has 1 heterocycles. The van der Waals surface area contributed by atoms with Gasteiger partial charge in [-0.05, 0) is 11.1 Å². The SMILES string of the molecule is F[P-](F)(F)(F)(F)F.Fc1c(F)c(F)c(C2=[N+](Cc3ccccc3)CCN2Cc2ccccc2)c(F)c1F. The molecule has 4 rings (SSSR count). The van der Waals surface area contributed by atoms with E-state index in [9.17, 15) is 47.1 Å². The van der Waals surface area contributed by atoms with E-state index in [4.69, 9.17) is 0 Å². The fraction of sp³-hybridized carbons (Fsp3) is 0.174. The van der Waals surface area contributed by atoms with Crippen LogP contribution in [0.5, 0.6) is 0 Å². The summed E-state index contributed by atoms with van der Waals surface area (Å²) in [5.74, 6) is -9.68. The molecule has 0 atom stereocenters. The van der Waals surface area contributed by atoms with Crippen molar-refractivity contribution in [3.63, 3.8) is 0 Å². The molecule has 0 bridgehead atoms. The molecule has 0 saturated heterocycles. The van der Waals surface area contributed by atoms with Crippen LogP contribution in [0.25, 0.3) is 0 Å². The summed E-state index contributed by atoms with van der Waals surface area (Å²) in [6, 6.07) is 18.3. The second-order valence-corrected chi connectivity index (χ2v) is 9.96. The maximum absolute atomic E-state index is 14.7. The summed E-state index contributed by atoms with van der Waals surface area (Å²) < 4.78 is 132. The van der Waals surface area contributed by atoms with Gasteiger partial charge in [0, 0.05) is 0 Å². The number of nitrogens with zero attached hydrogens (tertiary/aromatic N) is 2. The maximum Gasteiger partial charge on any atom is 0.286 e. The predicted molar refractivity (Wildman–Crippen MR) is 116 cm³/mol. The smallest absolute Gasteiger partial charge is 0.253 e. The Balaban J connectivity index is 0.000000479. The summed E-state index contributed by atoms with van der Waals surface area (Å²) in [5.41, 5.74) is 0.830. The monoisotopic (exact) mass is 562 g/mol. The van der Waals surface area contributed by atoms with Crippen LogP contribution in [0.3, 0.4) is 0 Å². The summed E-state index contributed by atoms with van der Waals surface area (Å²) in [4.78, 5) is 1.65. The van der Waals surface area contributed by atoms with Crippen molar-refractivity contribution in [2.45, 2.75) is 13.1 Å². The van der Waals surface area contributed by atoms with Gasteiger partial charge in [0.05, 0.1) is 0 Å². The first-order valence-corrected chi connectivity index (χ1v) is 12.5. The molecule has 0 spiro atoms. The van der Waals surface area contributed by atoms with Crippen LogP contribution in [0.4, 0.5) is 47.1 Å². The molecular formula is C23H18F11N2P. The fourth-order valence-corrected chi connectivity index (χ4v) is 3.69. The van der Waals surface area contributed by atoms with Crippen molar-refractivity contribution in [2.24, 2.45) is 0 Å². The van der Waals surface area contributed by atoms with E-state index in [2.05, 4.69) is 0 Å². The number of rotatable bonds is 5. The van der Waals surface area contributed by atoms with Crippen LogP contribution in [-0.2, 0) is 13.1 Å². The van der Waals surface area contributed by atoms with Gasteiger partial charge in [-0.15, -0.1) is 0 Å². The molecule has 3 aromatic rings. The zero-order valence-corrected chi connectivity index (χ0v) is 19.5. The Morgan fingerprint density at radius 1 is 0.622 bits per heavy atom. The molecule has 0 N–H and O–H groups in total. The molecule has 37 heavy (non-hydrogen) atoms. The van der Waals surface area contributed by atoms with Crippen molar-refractivity contribution in [2.75, 3.05) is 13.1 Å². The van der Waals surface area contributed by atoms with Gasteiger partial charge < -0.3 is 0 Å². The van der Waals surface area contributed by atoms with Gasteiger partial charge in [-0.25, -0.2) is 22.0 Å². The van der Waals surface area contributed by atoms with Crippen molar-refractivity contribution in [3.05, 3.63) is 106 Å². The molecule has 0 amide bonds. The normalized spacial score (nSPS) is 15.7. The van der Waals surface area contributed by atoms with E-state index in [1.54, 1.807) is 9.48 Å². The average molecular weight is 562 g/mol. The Morgan fingerprint density at radius 3 is 1.49 bits per heavy atom. The molecule has 2 nitrogen and oxygen atoms in total. The fourth-order valence-electron chi connectivity index (χ4n) is 3.69. The van der Waals surface area contributed by atoms with Crippen LogP contribution in [0, 0.1) is 29.1 Å². The number of hydrogen-bond donors (Lipinski definition) is 0. The van der Waals surface area contributed by atoms with E-state index in [1.165, 1.54) is 0 Å². The first-order chi connectivity index (χ1) is 16.9. The zero-order chi connectivity index (χ0) is 27.7. The largest absolute Gasteiger partial charge is 0.286 e. The van der Waals surface area contributed by atoms with Crippen molar-refractivity contribution < 1.29 is 51.7 Å². The molecule has 202 valence electrons. The van der Waals surface area contributed by atoms with Crippen LogP contribution >= 0.6 is 7.81 Å². The second-order valence-electron chi connectivity index (χ2n) is 8.04. The molecule has 1 aliphatic rings. The third kappa shape index (κ3) is 8.14. The predicted octanol–water partition coefficient (Wildman–Crippen LogP) is 8.24. The summed E-state index contributed by atoms with van der Waals surface area (Å²) in [6.45, 7) is 1.33. The van der Waals surface area contributed by atoms with Crippen molar-refractivity contribution in [1.82, 2.24) is 4.90 Å². The Morgan fingerprint density at radius 2 is 1.03 bits per heavy atom. The van der Waals surface area contributed by atoms with E-state index in [-0.39, 0.29) is 18.9 Å². The Hall–Kier alpha value is -3.21. The number of halogens is 11. The van der Waals surface area contributed by atoms with Crippen LogP contribution in [0.15, 0.2) is 60.7 Å². The number of benzene rings is 3. The average Bonchev–Trinajstić information content (AvgIpc) is 3.17. The molecule has 0 aromatic heterocycles. The van der Waals surface area contributed by atoms with Crippen molar-refractivity contribution in [1.29, 1.82) is 0 Å². The molecule has 14 heteroatoms. The van der Waals surface area contributed by atoms with Crippen molar-refractivity contribution >= 4 is 13.6 Å². The minimum Gasteiger partial charge on any atom is -0.253 e. The second kappa shape index (κ2) is 9.59. The zero-order valence-electron chi connectivity index (χ0n) is 18.6. The van der Waals surface area contributed by atoms with E-state index >= 15 is 0 Å². The van der Waals surface area contributed by atoms with Crippen LogP contribution in [0.1, 0.15) is 16.7 Å². The number of hydrogen-bond acceptors (Lipinski definition) is 1. The molecule has 1 aliphatic heterocycles. The minimum atomic E-state index is -10.7. The van der Waals surface area contributed by atoms with Crippen LogP contribution < -0.4 is 0 Å². The van der Waals surface area contributed by atoms with Gasteiger partial charge in [0.15, 0.2) is 23.3 Å². The van der Waals surface area contributed by atoms with E-state index in [0.29, 0.717) is 13.1 Å². The van der Waals surface area contributed by atoms with Crippen LogP contribution in [-0.4, -0.2) is 28.4 Å². The Bertz CT molecular complexity index is 1270. The van der Waals surface area contributed by atoms with Gasteiger partial charge in [0.1, 0.15) is 31.7 Å². The molecular weight excluding hydrogens is 544 g/mol. The molecule has 0 unspecified atom stereocenters. The molecule has 0 saturated carbocycles. The molecule has 3 aromatic carbocycles. The summed E-state index contributed by atoms with van der Waals surface area (Å²) >= 11 is 0. The van der Waals surface area contributed by atoms with Gasteiger partial charge in [0.2, 0.25) is 5.82 Å². The topological polar surface area (TPSA) is 6.25 Å². The summed E-state index contributed by atoms with van der Waals surface area (Å²) in [6.07, 6.45) is 0. The van der Waals surface area contributed by atoms with Crippen LogP contribution in [0.2, 0.25) is 0 Å². The van der Waals surface area contributed by atoms with E-state index in [1.807, 2.05) is 60.7 Å². The minimum absolute atomic E-state index is 0.00416. The Labute approximate surface area is 203 Å². The standard InChI is InChI=1S/C23H18F5N2.F6P/c24-18-17(19(25)21(27)22(28)20(18)26)23-29(13-15-7-3-1-4-8-15)11-12-30(23)14-16-9-5-2-6-10-16;1-7(2,3,4,5)6/h1-10H,11-14H2;/q+1;-1. The summed E-state index contributed by atoms with van der Waals surface area (Å²) in [7, 11) is -10.7. The quantitative estimate of drug-likeness (QED) is 0.0999. The molecule has 0 radical (unpaired) electrons. The molecule has 0 fully saturated rings. The van der Waals surface area contributed by atoms with E-state index in [0.717, 1.165) is 11.1 Å².